The highest BCUT2D eigenvalue weighted by Crippen LogP contribution is 2.15. The summed E-state index contributed by atoms with van der Waals surface area (Å²) in [6.45, 7) is 3.71. The SMILES string of the molecule is CCC(O)(C#CC(=O)c1ccc(SC)cc1)CC. The molecule has 0 saturated heterocycles. The minimum absolute atomic E-state index is 0.247. The van der Waals surface area contributed by atoms with Crippen LogP contribution < -0.4 is 0 Å². The molecular weight excluding hydrogens is 244 g/mol. The van der Waals surface area contributed by atoms with Crippen LogP contribution in [0.5, 0.6) is 0 Å². The molecule has 0 spiro atoms. The third-order valence-electron chi connectivity index (χ3n) is 2.93. The van der Waals surface area contributed by atoms with Crippen molar-refractivity contribution in [1.82, 2.24) is 0 Å². The minimum atomic E-state index is -1.05. The van der Waals surface area contributed by atoms with E-state index >= 15 is 0 Å². The van der Waals surface area contributed by atoms with E-state index in [9.17, 15) is 9.90 Å². The van der Waals surface area contributed by atoms with E-state index < -0.39 is 5.60 Å². The summed E-state index contributed by atoms with van der Waals surface area (Å²) in [7, 11) is 0. The van der Waals surface area contributed by atoms with Gasteiger partial charge in [0.1, 0.15) is 5.60 Å². The zero-order valence-electron chi connectivity index (χ0n) is 11.0. The number of hydrogen-bond donors (Lipinski definition) is 1. The molecule has 0 saturated carbocycles. The van der Waals surface area contributed by atoms with Crippen molar-refractivity contribution in [1.29, 1.82) is 0 Å². The number of thioether (sulfide) groups is 1. The van der Waals surface area contributed by atoms with Gasteiger partial charge in [0.25, 0.3) is 0 Å². The standard InChI is InChI=1S/C15H18O2S/c1-4-15(17,5-2)11-10-14(16)12-6-8-13(18-3)9-7-12/h6-9,17H,4-5H2,1-3H3. The molecule has 0 aliphatic rings. The van der Waals surface area contributed by atoms with Gasteiger partial charge in [-0.25, -0.2) is 0 Å². The Kier molecular flexibility index (Phi) is 5.46. The van der Waals surface area contributed by atoms with Gasteiger partial charge in [-0.2, -0.15) is 0 Å². The van der Waals surface area contributed by atoms with E-state index in [4.69, 9.17) is 0 Å². The van der Waals surface area contributed by atoms with Crippen LogP contribution in [0.4, 0.5) is 0 Å². The monoisotopic (exact) mass is 262 g/mol. The second-order valence-electron chi connectivity index (χ2n) is 4.05. The van der Waals surface area contributed by atoms with Crippen molar-refractivity contribution < 1.29 is 9.90 Å². The summed E-state index contributed by atoms with van der Waals surface area (Å²) in [5.41, 5.74) is -0.482. The van der Waals surface area contributed by atoms with E-state index in [1.807, 2.05) is 32.2 Å². The number of ketones is 1. The Hall–Kier alpha value is -1.24. The van der Waals surface area contributed by atoms with Crippen LogP contribution in [0, 0.1) is 11.8 Å². The molecular formula is C15H18O2S. The smallest absolute Gasteiger partial charge is 0.235 e. The summed E-state index contributed by atoms with van der Waals surface area (Å²) in [5.74, 6) is 4.96. The summed E-state index contributed by atoms with van der Waals surface area (Å²) in [5, 5.41) is 9.98. The molecule has 0 aromatic heterocycles. The molecule has 0 fully saturated rings. The fraction of sp³-hybridized carbons (Fsp3) is 0.400. The maximum Gasteiger partial charge on any atom is 0.235 e. The van der Waals surface area contributed by atoms with E-state index in [-0.39, 0.29) is 5.78 Å². The van der Waals surface area contributed by atoms with Crippen LogP contribution in [-0.2, 0) is 0 Å². The van der Waals surface area contributed by atoms with Gasteiger partial charge in [-0.15, -0.1) is 11.8 Å². The lowest BCUT2D eigenvalue weighted by Gasteiger charge is -2.16. The molecule has 18 heavy (non-hydrogen) atoms. The molecule has 1 aromatic carbocycles. The molecule has 0 aliphatic carbocycles. The van der Waals surface area contributed by atoms with Crippen LogP contribution in [0.3, 0.4) is 0 Å². The van der Waals surface area contributed by atoms with Crippen LogP contribution in [-0.4, -0.2) is 22.7 Å². The Bertz CT molecular complexity index is 462. The van der Waals surface area contributed by atoms with Crippen LogP contribution in [0.1, 0.15) is 37.0 Å². The topological polar surface area (TPSA) is 37.3 Å². The molecule has 0 radical (unpaired) electrons. The second kappa shape index (κ2) is 6.63. The van der Waals surface area contributed by atoms with E-state index in [0.717, 1.165) is 4.90 Å². The fourth-order valence-electron chi connectivity index (χ4n) is 1.41. The fourth-order valence-corrected chi connectivity index (χ4v) is 1.82. The van der Waals surface area contributed by atoms with Gasteiger partial charge in [0.2, 0.25) is 5.78 Å². The zero-order valence-corrected chi connectivity index (χ0v) is 11.8. The first kappa shape index (κ1) is 14.8. The highest BCUT2D eigenvalue weighted by atomic mass is 32.2. The first-order valence-corrected chi connectivity index (χ1v) is 7.21. The quantitative estimate of drug-likeness (QED) is 0.392. The summed E-state index contributed by atoms with van der Waals surface area (Å²) < 4.78 is 0. The van der Waals surface area contributed by atoms with Gasteiger partial charge in [-0.1, -0.05) is 19.8 Å². The number of hydrogen-bond acceptors (Lipinski definition) is 3. The number of Topliss-reactive ketones (excluding diaryl/α,β-unsaturated/α-hetero) is 1. The Morgan fingerprint density at radius 3 is 2.28 bits per heavy atom. The molecule has 0 atom stereocenters. The average molecular weight is 262 g/mol. The van der Waals surface area contributed by atoms with Crippen molar-refractivity contribution in [3.63, 3.8) is 0 Å². The number of rotatable bonds is 4. The van der Waals surface area contributed by atoms with Crippen molar-refractivity contribution in [3.05, 3.63) is 29.8 Å². The predicted molar refractivity (Wildman–Crippen MR) is 75.9 cm³/mol. The molecule has 0 unspecified atom stereocenters. The van der Waals surface area contributed by atoms with E-state index in [1.165, 1.54) is 0 Å². The Morgan fingerprint density at radius 2 is 1.83 bits per heavy atom. The molecule has 0 amide bonds. The summed E-state index contributed by atoms with van der Waals surface area (Å²) in [6.07, 6.45) is 3.03. The van der Waals surface area contributed by atoms with Gasteiger partial charge in [-0.3, -0.25) is 4.79 Å². The molecule has 3 heteroatoms. The van der Waals surface area contributed by atoms with Crippen LogP contribution in [0.25, 0.3) is 0 Å². The van der Waals surface area contributed by atoms with Crippen LogP contribution >= 0.6 is 11.8 Å². The zero-order chi connectivity index (χ0) is 13.6. The van der Waals surface area contributed by atoms with Crippen molar-refractivity contribution in [2.45, 2.75) is 37.2 Å². The highest BCUT2D eigenvalue weighted by molar-refractivity contribution is 7.98. The third-order valence-corrected chi connectivity index (χ3v) is 3.67. The molecule has 0 bridgehead atoms. The number of aliphatic hydroxyl groups is 1. The van der Waals surface area contributed by atoms with Gasteiger partial charge in [0.05, 0.1) is 0 Å². The van der Waals surface area contributed by atoms with Crippen molar-refractivity contribution in [2.75, 3.05) is 6.26 Å². The van der Waals surface area contributed by atoms with Crippen LogP contribution in [0.15, 0.2) is 29.2 Å². The second-order valence-corrected chi connectivity index (χ2v) is 4.93. The average Bonchev–Trinajstić information content (AvgIpc) is 2.44. The van der Waals surface area contributed by atoms with Crippen LogP contribution in [0.2, 0.25) is 0 Å². The van der Waals surface area contributed by atoms with E-state index in [2.05, 4.69) is 11.8 Å². The lowest BCUT2D eigenvalue weighted by atomic mass is 9.98. The predicted octanol–water partition coefficient (Wildman–Crippen LogP) is 3.15. The maximum absolute atomic E-state index is 11.8. The third kappa shape index (κ3) is 3.90. The largest absolute Gasteiger partial charge is 0.378 e. The van der Waals surface area contributed by atoms with E-state index in [1.54, 1.807) is 23.9 Å². The Labute approximate surface area is 113 Å². The van der Waals surface area contributed by atoms with Crippen molar-refractivity contribution in [2.24, 2.45) is 0 Å². The molecule has 1 N–H and O–H groups in total. The molecule has 2 nitrogen and oxygen atoms in total. The number of carbonyl (C=O) groups is 1. The first-order valence-electron chi connectivity index (χ1n) is 5.98. The number of carbonyl (C=O) groups excluding carboxylic acids is 1. The molecule has 0 aliphatic heterocycles. The summed E-state index contributed by atoms with van der Waals surface area (Å²) in [4.78, 5) is 12.9. The maximum atomic E-state index is 11.8. The first-order chi connectivity index (χ1) is 8.54. The van der Waals surface area contributed by atoms with Crippen molar-refractivity contribution >= 4 is 17.5 Å². The Morgan fingerprint density at radius 1 is 1.28 bits per heavy atom. The van der Waals surface area contributed by atoms with Gasteiger partial charge < -0.3 is 5.11 Å². The summed E-state index contributed by atoms with van der Waals surface area (Å²) in [6, 6.07) is 7.32. The van der Waals surface area contributed by atoms with Gasteiger partial charge in [0, 0.05) is 10.5 Å². The Balaban J connectivity index is 2.85. The molecule has 0 heterocycles. The molecule has 96 valence electrons. The van der Waals surface area contributed by atoms with E-state index in [0.29, 0.717) is 18.4 Å². The van der Waals surface area contributed by atoms with Gasteiger partial charge in [0.15, 0.2) is 0 Å². The lowest BCUT2D eigenvalue weighted by molar-refractivity contribution is 0.0919. The lowest BCUT2D eigenvalue weighted by Crippen LogP contribution is -2.24. The normalized spacial score (nSPS) is 10.7. The van der Waals surface area contributed by atoms with Gasteiger partial charge in [-0.05, 0) is 49.3 Å². The summed E-state index contributed by atoms with van der Waals surface area (Å²) >= 11 is 1.63. The minimum Gasteiger partial charge on any atom is -0.378 e. The van der Waals surface area contributed by atoms with Crippen molar-refractivity contribution in [3.8, 4) is 11.8 Å². The highest BCUT2D eigenvalue weighted by Gasteiger charge is 2.18. The molecule has 1 aromatic rings. The number of benzene rings is 1. The molecule has 1 rings (SSSR count). The van der Waals surface area contributed by atoms with Gasteiger partial charge >= 0.3 is 0 Å².